The second-order valence-electron chi connectivity index (χ2n) is 8.51. The first-order valence-electron chi connectivity index (χ1n) is 9.58. The van der Waals surface area contributed by atoms with Crippen molar-refractivity contribution in [2.75, 3.05) is 0 Å². The van der Waals surface area contributed by atoms with E-state index in [1.54, 1.807) is 0 Å². The fraction of sp³-hybridized carbons (Fsp3) is 0.762. The van der Waals surface area contributed by atoms with Crippen LogP contribution in [0.3, 0.4) is 0 Å². The van der Waals surface area contributed by atoms with E-state index in [1.165, 1.54) is 5.57 Å². The predicted octanol–water partition coefficient (Wildman–Crippen LogP) is 2.85. The number of fused-ring (bicyclic) bond motifs is 5. The van der Waals surface area contributed by atoms with Crippen molar-refractivity contribution in [1.82, 2.24) is 0 Å². The lowest BCUT2D eigenvalue weighted by Gasteiger charge is -2.55. The van der Waals surface area contributed by atoms with Gasteiger partial charge in [-0.25, -0.2) is 0 Å². The summed E-state index contributed by atoms with van der Waals surface area (Å²) in [5.41, 5.74) is -0.355. The Balaban J connectivity index is 1.70. The number of terminal acetylenes is 1. The SMILES string of the molecule is C#CC1(O)[C@@H](O)C[C@H]2[C@@H]3CCC4=CC(=O)CC[C@@H]4[C@H]3CCC21CC. The zero-order valence-electron chi connectivity index (χ0n) is 14.5. The second kappa shape index (κ2) is 5.44. The lowest BCUT2D eigenvalue weighted by molar-refractivity contribution is -0.125. The first-order chi connectivity index (χ1) is 11.5. The van der Waals surface area contributed by atoms with E-state index < -0.39 is 11.7 Å². The highest BCUT2D eigenvalue weighted by molar-refractivity contribution is 5.91. The third-order valence-corrected chi connectivity index (χ3v) is 8.08. The molecule has 24 heavy (non-hydrogen) atoms. The van der Waals surface area contributed by atoms with Crippen molar-refractivity contribution in [2.45, 2.75) is 70.0 Å². The van der Waals surface area contributed by atoms with Crippen molar-refractivity contribution < 1.29 is 15.0 Å². The van der Waals surface area contributed by atoms with Crippen LogP contribution in [0.4, 0.5) is 0 Å². The average Bonchev–Trinajstić information content (AvgIpc) is 2.83. The summed E-state index contributed by atoms with van der Waals surface area (Å²) in [6.45, 7) is 2.11. The predicted molar refractivity (Wildman–Crippen MR) is 91.9 cm³/mol. The summed E-state index contributed by atoms with van der Waals surface area (Å²) in [5, 5.41) is 21.7. The van der Waals surface area contributed by atoms with Crippen molar-refractivity contribution in [3.8, 4) is 12.3 Å². The van der Waals surface area contributed by atoms with Crippen LogP contribution in [0.15, 0.2) is 11.6 Å². The van der Waals surface area contributed by atoms with Gasteiger partial charge in [0.15, 0.2) is 11.4 Å². The summed E-state index contributed by atoms with van der Waals surface area (Å²) in [6.07, 6.45) is 13.9. The Kier molecular flexibility index (Phi) is 3.71. The van der Waals surface area contributed by atoms with Gasteiger partial charge in [-0.15, -0.1) is 6.42 Å². The molecule has 3 nitrogen and oxygen atoms in total. The summed E-state index contributed by atoms with van der Waals surface area (Å²) < 4.78 is 0. The molecule has 2 N–H and O–H groups in total. The number of allylic oxidation sites excluding steroid dienone is 1. The molecule has 0 aromatic rings. The van der Waals surface area contributed by atoms with Gasteiger partial charge in [-0.1, -0.05) is 18.4 Å². The number of rotatable bonds is 1. The molecule has 0 aliphatic heterocycles. The number of aliphatic hydroxyl groups excluding tert-OH is 1. The molecule has 0 aromatic carbocycles. The van der Waals surface area contributed by atoms with Crippen LogP contribution in [0.25, 0.3) is 0 Å². The number of ketones is 1. The quantitative estimate of drug-likeness (QED) is 0.728. The summed E-state index contributed by atoms with van der Waals surface area (Å²) in [4.78, 5) is 11.8. The van der Waals surface area contributed by atoms with Crippen molar-refractivity contribution in [3.05, 3.63) is 11.6 Å². The summed E-state index contributed by atoms with van der Waals surface area (Å²) >= 11 is 0. The van der Waals surface area contributed by atoms with Gasteiger partial charge in [-0.3, -0.25) is 4.79 Å². The monoisotopic (exact) mass is 328 g/mol. The van der Waals surface area contributed by atoms with Gasteiger partial charge >= 0.3 is 0 Å². The van der Waals surface area contributed by atoms with E-state index in [1.807, 2.05) is 6.08 Å². The largest absolute Gasteiger partial charge is 0.389 e. The normalized spacial score (nSPS) is 50.3. The molecule has 3 saturated carbocycles. The molecule has 0 amide bonds. The summed E-state index contributed by atoms with van der Waals surface area (Å²) in [7, 11) is 0. The highest BCUT2D eigenvalue weighted by Gasteiger charge is 2.67. The number of hydrogen-bond acceptors (Lipinski definition) is 3. The van der Waals surface area contributed by atoms with Crippen molar-refractivity contribution in [1.29, 1.82) is 0 Å². The third-order valence-electron chi connectivity index (χ3n) is 8.08. The molecule has 0 aromatic heterocycles. The lowest BCUT2D eigenvalue weighted by atomic mass is 9.49. The van der Waals surface area contributed by atoms with Gasteiger partial charge < -0.3 is 10.2 Å². The molecule has 130 valence electrons. The Morgan fingerprint density at radius 2 is 2.08 bits per heavy atom. The molecule has 0 spiro atoms. The number of carbonyl (C=O) groups is 1. The molecule has 3 fully saturated rings. The molecule has 3 heteroatoms. The fourth-order valence-electron chi connectivity index (χ4n) is 6.96. The van der Waals surface area contributed by atoms with E-state index in [9.17, 15) is 15.0 Å². The van der Waals surface area contributed by atoms with Crippen LogP contribution in [0.5, 0.6) is 0 Å². The Bertz CT molecular complexity index is 629. The number of hydrogen-bond donors (Lipinski definition) is 2. The number of carbonyl (C=O) groups excluding carboxylic acids is 1. The molecule has 4 aliphatic rings. The molecule has 0 saturated heterocycles. The maximum atomic E-state index is 11.8. The van der Waals surface area contributed by atoms with Crippen LogP contribution >= 0.6 is 0 Å². The van der Waals surface area contributed by atoms with Gasteiger partial charge in [0.2, 0.25) is 0 Å². The van der Waals surface area contributed by atoms with Gasteiger partial charge in [-0.2, -0.15) is 0 Å². The Labute approximate surface area is 144 Å². The minimum atomic E-state index is -1.38. The van der Waals surface area contributed by atoms with Gasteiger partial charge in [0.1, 0.15) is 0 Å². The minimum Gasteiger partial charge on any atom is -0.389 e. The molecule has 0 radical (unpaired) electrons. The first-order valence-corrected chi connectivity index (χ1v) is 9.58. The molecule has 0 heterocycles. The molecule has 4 rings (SSSR count). The zero-order chi connectivity index (χ0) is 17.1. The van der Waals surface area contributed by atoms with Crippen LogP contribution in [0.2, 0.25) is 0 Å². The van der Waals surface area contributed by atoms with Crippen LogP contribution in [0, 0.1) is 41.4 Å². The summed E-state index contributed by atoms with van der Waals surface area (Å²) in [5.74, 6) is 4.83. The van der Waals surface area contributed by atoms with E-state index in [2.05, 4.69) is 12.8 Å². The molecule has 0 bridgehead atoms. The zero-order valence-corrected chi connectivity index (χ0v) is 14.5. The average molecular weight is 328 g/mol. The third kappa shape index (κ3) is 1.90. The van der Waals surface area contributed by atoms with Gasteiger partial charge in [0.05, 0.1) is 6.10 Å². The maximum absolute atomic E-state index is 11.8. The van der Waals surface area contributed by atoms with Crippen LogP contribution in [-0.2, 0) is 4.79 Å². The molecular formula is C21H28O3. The lowest BCUT2D eigenvalue weighted by Crippen LogP contribution is -2.55. The highest BCUT2D eigenvalue weighted by atomic mass is 16.3. The standard InChI is InChI=1S/C21H28O3/c1-3-20-10-9-16-15-8-6-14(22)11-13(15)5-7-17(16)18(20)12-19(23)21(20,24)4-2/h2,11,15-19,23-24H,3,5-10,12H2,1H3/t15-,16+,17+,18-,19-,20?,21?/m0/s1. The van der Waals surface area contributed by atoms with Gasteiger partial charge in [0, 0.05) is 11.8 Å². The smallest absolute Gasteiger partial charge is 0.156 e. The van der Waals surface area contributed by atoms with Crippen molar-refractivity contribution in [2.24, 2.45) is 29.1 Å². The van der Waals surface area contributed by atoms with E-state index in [4.69, 9.17) is 6.42 Å². The van der Waals surface area contributed by atoms with Crippen molar-refractivity contribution in [3.63, 3.8) is 0 Å². The van der Waals surface area contributed by atoms with Crippen LogP contribution in [0.1, 0.15) is 58.3 Å². The minimum absolute atomic E-state index is 0.288. The molecule has 2 unspecified atom stereocenters. The first kappa shape index (κ1) is 16.4. The van der Waals surface area contributed by atoms with Crippen LogP contribution < -0.4 is 0 Å². The summed E-state index contributed by atoms with van der Waals surface area (Å²) in [6, 6.07) is 0. The van der Waals surface area contributed by atoms with E-state index in [-0.39, 0.29) is 11.2 Å². The maximum Gasteiger partial charge on any atom is 0.156 e. The van der Waals surface area contributed by atoms with Gasteiger partial charge in [0.25, 0.3) is 0 Å². The second-order valence-corrected chi connectivity index (χ2v) is 8.51. The van der Waals surface area contributed by atoms with E-state index in [0.717, 1.165) is 38.5 Å². The molecule has 7 atom stereocenters. The topological polar surface area (TPSA) is 57.5 Å². The highest BCUT2D eigenvalue weighted by Crippen LogP contribution is 2.66. The number of aliphatic hydroxyl groups is 2. The van der Waals surface area contributed by atoms with Crippen molar-refractivity contribution >= 4 is 5.78 Å². The Morgan fingerprint density at radius 1 is 1.29 bits per heavy atom. The van der Waals surface area contributed by atoms with Crippen LogP contribution in [-0.4, -0.2) is 27.7 Å². The van der Waals surface area contributed by atoms with E-state index in [0.29, 0.717) is 36.5 Å². The Morgan fingerprint density at radius 3 is 2.79 bits per heavy atom. The Hall–Kier alpha value is -1.11. The fourth-order valence-corrected chi connectivity index (χ4v) is 6.96. The van der Waals surface area contributed by atoms with Gasteiger partial charge in [-0.05, 0) is 74.7 Å². The van der Waals surface area contributed by atoms with E-state index >= 15 is 0 Å². The molecular weight excluding hydrogens is 300 g/mol. The molecule has 4 aliphatic carbocycles.